The summed E-state index contributed by atoms with van der Waals surface area (Å²) in [5, 5.41) is 5.32. The molecular weight excluding hydrogens is 350 g/mol. The van der Waals surface area contributed by atoms with Crippen molar-refractivity contribution in [3.8, 4) is 11.3 Å². The summed E-state index contributed by atoms with van der Waals surface area (Å²) in [6.07, 6.45) is 1.75. The average molecular weight is 376 g/mol. The van der Waals surface area contributed by atoms with Crippen LogP contribution in [0.3, 0.4) is 0 Å². The van der Waals surface area contributed by atoms with Gasteiger partial charge < -0.3 is 15.4 Å². The van der Waals surface area contributed by atoms with Gasteiger partial charge in [0.1, 0.15) is 5.82 Å². The Morgan fingerprint density at radius 2 is 2.04 bits per heavy atom. The Labute approximate surface area is 159 Å². The van der Waals surface area contributed by atoms with Crippen LogP contribution in [0.15, 0.2) is 18.3 Å². The molecule has 0 radical (unpaired) electrons. The number of piperidine rings is 1. The Morgan fingerprint density at radius 1 is 1.31 bits per heavy atom. The van der Waals surface area contributed by atoms with Crippen LogP contribution in [-0.4, -0.2) is 53.0 Å². The van der Waals surface area contributed by atoms with Crippen LogP contribution >= 0.6 is 11.6 Å². The molecule has 1 aliphatic heterocycles. The van der Waals surface area contributed by atoms with E-state index in [0.717, 1.165) is 49.3 Å². The van der Waals surface area contributed by atoms with Crippen molar-refractivity contribution >= 4 is 17.4 Å². The third-order valence-corrected chi connectivity index (χ3v) is 5.94. The highest BCUT2D eigenvalue weighted by Crippen LogP contribution is 2.58. The van der Waals surface area contributed by atoms with Crippen LogP contribution in [0.1, 0.15) is 31.5 Å². The first-order valence-electron chi connectivity index (χ1n) is 9.21. The van der Waals surface area contributed by atoms with E-state index >= 15 is 0 Å². The van der Waals surface area contributed by atoms with Gasteiger partial charge in [-0.2, -0.15) is 5.10 Å². The number of halogens is 1. The monoisotopic (exact) mass is 375 g/mol. The zero-order valence-electron chi connectivity index (χ0n) is 15.5. The molecule has 2 aromatic rings. The number of fused-ring (bicyclic) bond motifs is 1. The fourth-order valence-electron chi connectivity index (χ4n) is 4.26. The van der Waals surface area contributed by atoms with Crippen molar-refractivity contribution in [2.24, 2.45) is 11.8 Å². The van der Waals surface area contributed by atoms with Crippen LogP contribution < -0.4 is 5.73 Å². The highest BCUT2D eigenvalue weighted by Gasteiger charge is 2.57. The maximum absolute atomic E-state index is 6.15. The lowest BCUT2D eigenvalue weighted by Gasteiger charge is -2.19. The van der Waals surface area contributed by atoms with Gasteiger partial charge in [0.05, 0.1) is 17.3 Å². The Kier molecular flexibility index (Phi) is 4.67. The van der Waals surface area contributed by atoms with Gasteiger partial charge in [-0.1, -0.05) is 11.6 Å². The average Bonchev–Trinajstić information content (AvgIpc) is 3.00. The molecule has 2 atom stereocenters. The molecule has 140 valence electrons. The van der Waals surface area contributed by atoms with E-state index in [-0.39, 0.29) is 0 Å². The third-order valence-electron chi connectivity index (χ3n) is 5.64. The zero-order valence-corrected chi connectivity index (χ0v) is 16.3. The Bertz CT molecular complexity index is 793. The van der Waals surface area contributed by atoms with E-state index in [2.05, 4.69) is 34.5 Å². The van der Waals surface area contributed by atoms with Crippen LogP contribution in [0, 0.1) is 11.8 Å². The van der Waals surface area contributed by atoms with Crippen molar-refractivity contribution in [2.45, 2.75) is 25.8 Å². The molecule has 1 aliphatic carbocycles. The van der Waals surface area contributed by atoms with E-state index in [1.54, 1.807) is 13.3 Å². The molecule has 2 fully saturated rings. The normalized spacial score (nSPS) is 25.0. The minimum atomic E-state index is 0.321. The van der Waals surface area contributed by atoms with Crippen LogP contribution in [0.5, 0.6) is 0 Å². The summed E-state index contributed by atoms with van der Waals surface area (Å²) >= 11 is 6.15. The van der Waals surface area contributed by atoms with Gasteiger partial charge in [-0.15, -0.1) is 0 Å². The molecule has 3 heterocycles. The first-order valence-corrected chi connectivity index (χ1v) is 9.59. The standard InChI is InChI=1S/C19H26ClN5O/c1-11(2)25-17(18-13-9-24(4-5-26-3)10-14(13)18)7-16(23-25)12-6-15(20)19(21)22-8-12/h6-8,11,13-14,18H,4-5,9-10H2,1-3H3,(H2,21,22). The predicted octanol–water partition coefficient (Wildman–Crippen LogP) is 3.05. The summed E-state index contributed by atoms with van der Waals surface area (Å²) in [7, 11) is 1.76. The molecular formula is C19H26ClN5O. The number of hydrogen-bond acceptors (Lipinski definition) is 5. The van der Waals surface area contributed by atoms with Gasteiger partial charge in [-0.25, -0.2) is 4.98 Å². The second-order valence-corrected chi connectivity index (χ2v) is 8.10. The molecule has 2 aromatic heterocycles. The molecule has 0 amide bonds. The fraction of sp³-hybridized carbons (Fsp3) is 0.579. The van der Waals surface area contributed by atoms with E-state index in [9.17, 15) is 0 Å². The van der Waals surface area contributed by atoms with E-state index < -0.39 is 0 Å². The number of pyridine rings is 1. The second kappa shape index (κ2) is 6.83. The maximum atomic E-state index is 6.15. The Hall–Kier alpha value is -1.63. The molecule has 7 heteroatoms. The lowest BCUT2D eigenvalue weighted by Crippen LogP contribution is -2.28. The van der Waals surface area contributed by atoms with Gasteiger partial charge in [0.25, 0.3) is 0 Å². The summed E-state index contributed by atoms with van der Waals surface area (Å²) in [5.41, 5.74) is 8.91. The lowest BCUT2D eigenvalue weighted by atomic mass is 10.1. The molecule has 26 heavy (non-hydrogen) atoms. The third kappa shape index (κ3) is 3.10. The zero-order chi connectivity index (χ0) is 18.4. The van der Waals surface area contributed by atoms with E-state index in [4.69, 9.17) is 27.2 Å². The molecule has 0 spiro atoms. The van der Waals surface area contributed by atoms with Gasteiger partial charge in [0.2, 0.25) is 0 Å². The van der Waals surface area contributed by atoms with E-state index in [1.165, 1.54) is 5.69 Å². The minimum absolute atomic E-state index is 0.321. The Balaban J connectivity index is 1.56. The highest BCUT2D eigenvalue weighted by atomic mass is 35.5. The fourth-order valence-corrected chi connectivity index (χ4v) is 4.42. The number of nitrogen functional groups attached to an aromatic ring is 1. The van der Waals surface area contributed by atoms with Crippen LogP contribution in [0.2, 0.25) is 5.02 Å². The van der Waals surface area contributed by atoms with Crippen LogP contribution in [0.25, 0.3) is 11.3 Å². The molecule has 2 aliphatic rings. The number of nitrogens with two attached hydrogens (primary N) is 1. The summed E-state index contributed by atoms with van der Waals surface area (Å²) in [6.45, 7) is 8.51. The van der Waals surface area contributed by atoms with E-state index in [0.29, 0.717) is 22.8 Å². The van der Waals surface area contributed by atoms with Crippen molar-refractivity contribution < 1.29 is 4.74 Å². The summed E-state index contributed by atoms with van der Waals surface area (Å²) < 4.78 is 7.37. The van der Waals surface area contributed by atoms with Crippen molar-refractivity contribution in [1.82, 2.24) is 19.7 Å². The number of methoxy groups -OCH3 is 1. The van der Waals surface area contributed by atoms with E-state index in [1.807, 2.05) is 6.07 Å². The predicted molar refractivity (Wildman–Crippen MR) is 103 cm³/mol. The number of aromatic nitrogens is 3. The first-order chi connectivity index (χ1) is 12.5. The van der Waals surface area contributed by atoms with Gasteiger partial charge in [-0.05, 0) is 37.8 Å². The molecule has 2 unspecified atom stereocenters. The highest BCUT2D eigenvalue weighted by molar-refractivity contribution is 6.33. The summed E-state index contributed by atoms with van der Waals surface area (Å²) in [4.78, 5) is 6.68. The molecule has 4 rings (SSSR count). The number of rotatable bonds is 6. The molecule has 0 aromatic carbocycles. The quantitative estimate of drug-likeness (QED) is 0.840. The largest absolute Gasteiger partial charge is 0.383 e. The first kappa shape index (κ1) is 17.8. The van der Waals surface area contributed by atoms with Gasteiger partial charge in [-0.3, -0.25) is 4.68 Å². The number of hydrogen-bond donors (Lipinski definition) is 1. The number of nitrogens with zero attached hydrogens (tertiary/aromatic N) is 4. The van der Waals surface area contributed by atoms with Crippen molar-refractivity contribution in [1.29, 1.82) is 0 Å². The summed E-state index contributed by atoms with van der Waals surface area (Å²) in [6, 6.07) is 4.38. The second-order valence-electron chi connectivity index (χ2n) is 7.69. The van der Waals surface area contributed by atoms with Crippen molar-refractivity contribution in [3.05, 3.63) is 29.0 Å². The van der Waals surface area contributed by atoms with Gasteiger partial charge in [0.15, 0.2) is 0 Å². The maximum Gasteiger partial charge on any atom is 0.142 e. The molecule has 1 saturated carbocycles. The number of anilines is 1. The van der Waals surface area contributed by atoms with Crippen LogP contribution in [0.4, 0.5) is 5.82 Å². The topological polar surface area (TPSA) is 69.2 Å². The molecule has 6 nitrogen and oxygen atoms in total. The summed E-state index contributed by atoms with van der Waals surface area (Å²) in [5.74, 6) is 2.44. The number of likely N-dealkylation sites (tertiary alicyclic amines) is 1. The lowest BCUT2D eigenvalue weighted by molar-refractivity contribution is 0.153. The molecule has 2 N–H and O–H groups in total. The smallest absolute Gasteiger partial charge is 0.142 e. The Morgan fingerprint density at radius 3 is 2.65 bits per heavy atom. The molecule has 1 saturated heterocycles. The van der Waals surface area contributed by atoms with Gasteiger partial charge >= 0.3 is 0 Å². The minimum Gasteiger partial charge on any atom is -0.383 e. The van der Waals surface area contributed by atoms with Crippen LogP contribution in [-0.2, 0) is 4.74 Å². The van der Waals surface area contributed by atoms with Crippen molar-refractivity contribution in [2.75, 3.05) is 39.1 Å². The molecule has 0 bridgehead atoms. The number of ether oxygens (including phenoxy) is 1. The SMILES string of the molecule is COCCN1CC2C(C1)C2c1cc(-c2cnc(N)c(Cl)c2)nn1C(C)C. The van der Waals surface area contributed by atoms with Crippen molar-refractivity contribution in [3.63, 3.8) is 0 Å². The van der Waals surface area contributed by atoms with Gasteiger partial charge in [0, 0.05) is 56.2 Å².